The average molecular weight is 436 g/mol. The fraction of sp³-hybridized carbons (Fsp3) is 0.536. The van der Waals surface area contributed by atoms with Crippen LogP contribution in [0.2, 0.25) is 0 Å². The molecule has 172 valence electrons. The number of rotatable bonds is 8. The number of hydrogen-bond acceptors (Lipinski definition) is 4. The molecule has 2 aromatic rings. The zero-order valence-corrected chi connectivity index (χ0v) is 19.6. The Hall–Kier alpha value is -2.17. The highest BCUT2D eigenvalue weighted by Gasteiger charge is 2.32. The summed E-state index contributed by atoms with van der Waals surface area (Å²) in [5, 5.41) is 0. The second kappa shape index (κ2) is 11.1. The van der Waals surface area contributed by atoms with Crippen molar-refractivity contribution in [1.29, 1.82) is 0 Å². The molecule has 0 spiro atoms. The zero-order valence-electron chi connectivity index (χ0n) is 19.6. The quantitative estimate of drug-likeness (QED) is 0.509. The van der Waals surface area contributed by atoms with Crippen molar-refractivity contribution in [2.45, 2.75) is 51.9 Å². The summed E-state index contributed by atoms with van der Waals surface area (Å²) in [5.74, 6) is 1.56. The molecule has 4 rings (SSSR count). The van der Waals surface area contributed by atoms with Crippen molar-refractivity contribution in [3.8, 4) is 5.75 Å². The van der Waals surface area contributed by atoms with E-state index in [-0.39, 0.29) is 11.7 Å². The molecule has 1 heterocycles. The van der Waals surface area contributed by atoms with Crippen LogP contribution >= 0.6 is 0 Å². The molecule has 0 bridgehead atoms. The number of aryl methyl sites for hydroxylation is 2. The first-order valence-corrected chi connectivity index (χ1v) is 12.3. The van der Waals surface area contributed by atoms with Gasteiger partial charge in [0, 0.05) is 25.2 Å². The van der Waals surface area contributed by atoms with E-state index >= 15 is 0 Å². The number of benzene rings is 2. The fourth-order valence-electron chi connectivity index (χ4n) is 5.37. The summed E-state index contributed by atoms with van der Waals surface area (Å²) in [6.45, 7) is 9.23. The molecule has 2 aliphatic rings. The summed E-state index contributed by atoms with van der Waals surface area (Å²) >= 11 is 0. The molecule has 2 aromatic carbocycles. The average Bonchev–Trinajstić information content (AvgIpc) is 2.83. The molecule has 0 amide bonds. The van der Waals surface area contributed by atoms with Gasteiger partial charge in [-0.05, 0) is 61.4 Å². The van der Waals surface area contributed by atoms with Gasteiger partial charge in [0.05, 0.1) is 19.1 Å². The third-order valence-electron chi connectivity index (χ3n) is 7.06. The van der Waals surface area contributed by atoms with Crippen molar-refractivity contribution in [2.24, 2.45) is 5.92 Å². The molecule has 1 aliphatic heterocycles. The third kappa shape index (κ3) is 5.60. The summed E-state index contributed by atoms with van der Waals surface area (Å²) < 4.78 is 11.6. The minimum Gasteiger partial charge on any atom is -0.492 e. The predicted octanol–water partition coefficient (Wildman–Crippen LogP) is 5.56. The van der Waals surface area contributed by atoms with Crippen molar-refractivity contribution < 1.29 is 14.3 Å². The van der Waals surface area contributed by atoms with Gasteiger partial charge in [0.1, 0.15) is 12.4 Å². The Morgan fingerprint density at radius 2 is 1.69 bits per heavy atom. The van der Waals surface area contributed by atoms with Crippen molar-refractivity contribution in [2.75, 3.05) is 39.5 Å². The topological polar surface area (TPSA) is 38.8 Å². The molecule has 1 aliphatic carbocycles. The summed E-state index contributed by atoms with van der Waals surface area (Å²) in [7, 11) is 0. The van der Waals surface area contributed by atoms with Gasteiger partial charge in [0.2, 0.25) is 0 Å². The highest BCUT2D eigenvalue weighted by molar-refractivity contribution is 6.01. The first kappa shape index (κ1) is 23.0. The summed E-state index contributed by atoms with van der Waals surface area (Å²) in [6, 6.07) is 14.5. The van der Waals surface area contributed by atoms with Crippen molar-refractivity contribution in [3.05, 3.63) is 64.7 Å². The van der Waals surface area contributed by atoms with Crippen LogP contribution in [0.15, 0.2) is 42.5 Å². The van der Waals surface area contributed by atoms with Gasteiger partial charge in [0.15, 0.2) is 5.78 Å². The van der Waals surface area contributed by atoms with Gasteiger partial charge in [-0.25, -0.2) is 0 Å². The molecular formula is C28H37NO3. The fourth-order valence-corrected chi connectivity index (χ4v) is 5.37. The molecule has 1 atom stereocenters. The van der Waals surface area contributed by atoms with Crippen LogP contribution in [0.25, 0.3) is 0 Å². The summed E-state index contributed by atoms with van der Waals surface area (Å²) in [6.07, 6.45) is 6.05. The minimum absolute atomic E-state index is 0.0524. The highest BCUT2D eigenvalue weighted by Crippen LogP contribution is 2.39. The molecule has 4 nitrogen and oxygen atoms in total. The van der Waals surface area contributed by atoms with Crippen LogP contribution in [-0.2, 0) is 4.74 Å². The second-order valence-electron chi connectivity index (χ2n) is 9.39. The summed E-state index contributed by atoms with van der Waals surface area (Å²) in [5.41, 5.74) is 4.07. The van der Waals surface area contributed by atoms with E-state index in [0.29, 0.717) is 12.5 Å². The Morgan fingerprint density at radius 1 is 1.03 bits per heavy atom. The monoisotopic (exact) mass is 435 g/mol. The lowest BCUT2D eigenvalue weighted by Gasteiger charge is -2.30. The van der Waals surface area contributed by atoms with Crippen LogP contribution < -0.4 is 4.74 Å². The van der Waals surface area contributed by atoms with Crippen LogP contribution in [0.1, 0.15) is 65.1 Å². The normalized spacial score (nSPS) is 18.9. The first-order valence-electron chi connectivity index (χ1n) is 12.3. The van der Waals surface area contributed by atoms with Crippen LogP contribution in [0.4, 0.5) is 0 Å². The van der Waals surface area contributed by atoms with Gasteiger partial charge >= 0.3 is 0 Å². The number of ether oxygens (including phenoxy) is 2. The van der Waals surface area contributed by atoms with E-state index in [1.165, 1.54) is 19.3 Å². The number of carbonyl (C=O) groups is 1. The van der Waals surface area contributed by atoms with E-state index in [1.807, 2.05) is 18.2 Å². The molecule has 32 heavy (non-hydrogen) atoms. The molecule has 4 heteroatoms. The maximum absolute atomic E-state index is 13.8. The molecule has 1 saturated heterocycles. The molecule has 2 fully saturated rings. The lowest BCUT2D eigenvalue weighted by atomic mass is 9.73. The highest BCUT2D eigenvalue weighted by atomic mass is 16.5. The van der Waals surface area contributed by atoms with Crippen molar-refractivity contribution in [1.82, 2.24) is 4.90 Å². The third-order valence-corrected chi connectivity index (χ3v) is 7.06. The molecule has 1 saturated carbocycles. The van der Waals surface area contributed by atoms with Gasteiger partial charge in [0.25, 0.3) is 0 Å². The predicted molar refractivity (Wildman–Crippen MR) is 129 cm³/mol. The van der Waals surface area contributed by atoms with Gasteiger partial charge in [-0.15, -0.1) is 0 Å². The Bertz CT molecular complexity index is 860. The SMILES string of the molecule is Cc1cc(C(=O)C(c2ccccc2)C2CCCCC2)cc(C)c1OCCN1CCOCC1. The molecule has 1 unspecified atom stereocenters. The van der Waals surface area contributed by atoms with Gasteiger partial charge in [-0.1, -0.05) is 49.6 Å². The number of Topliss-reactive ketones (excluding diaryl/α,β-unsaturated/α-hetero) is 1. The first-order chi connectivity index (χ1) is 15.6. The van der Waals surface area contributed by atoms with E-state index in [0.717, 1.165) is 73.7 Å². The molecule has 0 N–H and O–H groups in total. The van der Waals surface area contributed by atoms with E-state index < -0.39 is 0 Å². The summed E-state index contributed by atoms with van der Waals surface area (Å²) in [4.78, 5) is 16.2. The number of carbonyl (C=O) groups excluding carboxylic acids is 1. The molecular weight excluding hydrogens is 398 g/mol. The lowest BCUT2D eigenvalue weighted by molar-refractivity contribution is 0.0322. The maximum Gasteiger partial charge on any atom is 0.170 e. The Kier molecular flexibility index (Phi) is 7.99. The van der Waals surface area contributed by atoms with Crippen LogP contribution in [0.5, 0.6) is 5.75 Å². The number of morpholine rings is 1. The van der Waals surface area contributed by atoms with Crippen LogP contribution in [-0.4, -0.2) is 50.1 Å². The Morgan fingerprint density at radius 3 is 2.34 bits per heavy atom. The van der Waals surface area contributed by atoms with Gasteiger partial charge in [-0.2, -0.15) is 0 Å². The van der Waals surface area contributed by atoms with Gasteiger partial charge < -0.3 is 9.47 Å². The van der Waals surface area contributed by atoms with E-state index in [2.05, 4.69) is 43.0 Å². The lowest BCUT2D eigenvalue weighted by Crippen LogP contribution is -2.38. The Labute approximate surface area is 192 Å². The number of hydrogen-bond donors (Lipinski definition) is 0. The zero-order chi connectivity index (χ0) is 22.3. The van der Waals surface area contributed by atoms with E-state index in [9.17, 15) is 4.79 Å². The van der Waals surface area contributed by atoms with E-state index in [1.54, 1.807) is 0 Å². The number of ketones is 1. The number of nitrogens with zero attached hydrogens (tertiary/aromatic N) is 1. The largest absolute Gasteiger partial charge is 0.492 e. The standard InChI is InChI=1S/C28H37NO3/c1-21-19-25(20-22(2)28(21)32-18-15-29-13-16-31-17-14-29)27(30)26(23-9-5-3-6-10-23)24-11-7-4-8-12-24/h3,5-6,9-10,19-20,24,26H,4,7-8,11-18H2,1-2H3. The minimum atomic E-state index is -0.0524. The Balaban J connectivity index is 1.50. The van der Waals surface area contributed by atoms with Crippen molar-refractivity contribution >= 4 is 5.78 Å². The van der Waals surface area contributed by atoms with E-state index in [4.69, 9.17) is 9.47 Å². The van der Waals surface area contributed by atoms with Crippen molar-refractivity contribution in [3.63, 3.8) is 0 Å². The van der Waals surface area contributed by atoms with Crippen LogP contribution in [0.3, 0.4) is 0 Å². The molecule has 0 radical (unpaired) electrons. The maximum atomic E-state index is 13.8. The van der Waals surface area contributed by atoms with Crippen LogP contribution in [0, 0.1) is 19.8 Å². The smallest absolute Gasteiger partial charge is 0.170 e. The van der Waals surface area contributed by atoms with Gasteiger partial charge in [-0.3, -0.25) is 9.69 Å². The molecule has 0 aromatic heterocycles. The second-order valence-corrected chi connectivity index (χ2v) is 9.39.